The molecule has 1 saturated heterocycles. The highest BCUT2D eigenvalue weighted by Crippen LogP contribution is 2.19. The van der Waals surface area contributed by atoms with Crippen LogP contribution in [-0.4, -0.2) is 39.9 Å². The van der Waals surface area contributed by atoms with Crippen molar-refractivity contribution in [2.45, 2.75) is 13.5 Å². The van der Waals surface area contributed by atoms with E-state index >= 15 is 0 Å². The van der Waals surface area contributed by atoms with Crippen LogP contribution in [0.1, 0.15) is 12.5 Å². The van der Waals surface area contributed by atoms with Gasteiger partial charge in [0.25, 0.3) is 5.91 Å². The molecule has 1 aromatic carbocycles. The number of aliphatic hydroxyl groups is 2. The van der Waals surface area contributed by atoms with Gasteiger partial charge >= 0.3 is 5.95 Å². The molecule has 7 heteroatoms. The summed E-state index contributed by atoms with van der Waals surface area (Å²) in [4.78, 5) is 12.1. The van der Waals surface area contributed by atoms with Gasteiger partial charge in [-0.15, -0.1) is 5.12 Å². The summed E-state index contributed by atoms with van der Waals surface area (Å²) in [6, 6.07) is 7.31. The monoisotopic (exact) mass is 279 g/mol. The van der Waals surface area contributed by atoms with Crippen LogP contribution in [0.25, 0.3) is 0 Å². The summed E-state index contributed by atoms with van der Waals surface area (Å²) >= 11 is 0. The molecule has 1 aromatic rings. The lowest BCUT2D eigenvalue weighted by Crippen LogP contribution is -2.42. The number of nitrogens with one attached hydrogen (secondary N) is 1. The van der Waals surface area contributed by atoms with Crippen molar-refractivity contribution in [1.29, 1.82) is 0 Å². The van der Waals surface area contributed by atoms with Crippen molar-refractivity contribution in [2.75, 3.05) is 13.7 Å². The molecule has 0 spiro atoms. The second-order valence-electron chi connectivity index (χ2n) is 4.24. The van der Waals surface area contributed by atoms with Crippen LogP contribution in [0.15, 0.2) is 35.9 Å². The maximum Gasteiger partial charge on any atom is 0.305 e. The number of amides is 1. The minimum atomic E-state index is -1.01. The second-order valence-corrected chi connectivity index (χ2v) is 4.24. The normalized spacial score (nSPS) is 15.4. The molecular formula is C13H17N3O4. The number of hydrogen-bond acceptors (Lipinski definition) is 6. The summed E-state index contributed by atoms with van der Waals surface area (Å²) in [6.07, 6.45) is 0. The molecule has 0 unspecified atom stereocenters. The number of carbonyl (C=O) groups excluding carboxylic acids is 1. The number of hydrogen-bond donors (Lipinski definition) is 3. The molecule has 20 heavy (non-hydrogen) atoms. The SMILES string of the molecule is CCN1NC(=C(O)O)C(=O)N1Cc1ccc(OC)cc1. The van der Waals surface area contributed by atoms with Gasteiger partial charge < -0.3 is 14.9 Å². The Balaban J connectivity index is 2.18. The van der Waals surface area contributed by atoms with Gasteiger partial charge in [0.05, 0.1) is 13.7 Å². The Morgan fingerprint density at radius 3 is 2.45 bits per heavy atom. The molecule has 1 fully saturated rings. The first kappa shape index (κ1) is 14.0. The number of hydrazine groups is 2. The van der Waals surface area contributed by atoms with Gasteiger partial charge in [-0.3, -0.25) is 10.2 Å². The third-order valence-electron chi connectivity index (χ3n) is 3.00. The van der Waals surface area contributed by atoms with Crippen molar-refractivity contribution in [3.63, 3.8) is 0 Å². The largest absolute Gasteiger partial charge is 0.497 e. The van der Waals surface area contributed by atoms with Gasteiger partial charge in [-0.2, -0.15) is 0 Å². The molecule has 108 valence electrons. The van der Waals surface area contributed by atoms with Crippen molar-refractivity contribution in [3.05, 3.63) is 41.5 Å². The standard InChI is InChI=1S/C13H17N3O4/c1-3-16-14-11(13(18)19)12(17)15(16)8-9-4-6-10(20-2)7-5-9/h4-7,14,18-19H,3,8H2,1-2H3. The van der Waals surface area contributed by atoms with E-state index in [1.807, 2.05) is 19.1 Å². The van der Waals surface area contributed by atoms with Crippen LogP contribution in [0, 0.1) is 0 Å². The van der Waals surface area contributed by atoms with E-state index in [4.69, 9.17) is 14.9 Å². The highest BCUT2D eigenvalue weighted by Gasteiger charge is 2.35. The molecule has 7 nitrogen and oxygen atoms in total. The lowest BCUT2D eigenvalue weighted by molar-refractivity contribution is -0.139. The van der Waals surface area contributed by atoms with Gasteiger partial charge in [-0.05, 0) is 24.6 Å². The summed E-state index contributed by atoms with van der Waals surface area (Å²) < 4.78 is 5.07. The molecule has 0 saturated carbocycles. The molecule has 1 aliphatic rings. The summed E-state index contributed by atoms with van der Waals surface area (Å²) in [6.45, 7) is 2.66. The smallest absolute Gasteiger partial charge is 0.305 e. The van der Waals surface area contributed by atoms with Crippen molar-refractivity contribution in [2.24, 2.45) is 0 Å². The molecule has 2 rings (SSSR count). The van der Waals surface area contributed by atoms with Crippen LogP contribution < -0.4 is 10.2 Å². The fourth-order valence-electron chi connectivity index (χ4n) is 1.93. The number of nitrogens with zero attached hydrogens (tertiary/aromatic N) is 2. The number of methoxy groups -OCH3 is 1. The van der Waals surface area contributed by atoms with E-state index in [0.29, 0.717) is 13.1 Å². The summed E-state index contributed by atoms with van der Waals surface area (Å²) in [7, 11) is 1.59. The van der Waals surface area contributed by atoms with Crippen LogP contribution in [-0.2, 0) is 11.3 Å². The summed E-state index contributed by atoms with van der Waals surface area (Å²) in [5.41, 5.74) is 3.33. The third kappa shape index (κ3) is 2.62. The van der Waals surface area contributed by atoms with Gasteiger partial charge in [-0.1, -0.05) is 12.1 Å². The Bertz CT molecular complexity index is 523. The average Bonchev–Trinajstić information content (AvgIpc) is 2.77. The van der Waals surface area contributed by atoms with E-state index in [0.717, 1.165) is 11.3 Å². The van der Waals surface area contributed by atoms with Gasteiger partial charge in [0.1, 0.15) is 5.75 Å². The summed E-state index contributed by atoms with van der Waals surface area (Å²) in [5, 5.41) is 21.1. The van der Waals surface area contributed by atoms with Crippen molar-refractivity contribution in [3.8, 4) is 5.75 Å². The third-order valence-corrected chi connectivity index (χ3v) is 3.00. The van der Waals surface area contributed by atoms with Gasteiger partial charge in [0.2, 0.25) is 0 Å². The predicted molar refractivity (Wildman–Crippen MR) is 71.3 cm³/mol. The Hall–Kier alpha value is -2.41. The Kier molecular flexibility index (Phi) is 3.99. The van der Waals surface area contributed by atoms with E-state index in [9.17, 15) is 4.79 Å². The van der Waals surface area contributed by atoms with Crippen molar-refractivity contribution in [1.82, 2.24) is 15.6 Å². The fourth-order valence-corrected chi connectivity index (χ4v) is 1.93. The number of rotatable bonds is 4. The summed E-state index contributed by atoms with van der Waals surface area (Å²) in [5.74, 6) is -0.756. The van der Waals surface area contributed by atoms with Crippen molar-refractivity contribution >= 4 is 5.91 Å². The van der Waals surface area contributed by atoms with E-state index in [2.05, 4.69) is 5.43 Å². The Morgan fingerprint density at radius 1 is 1.30 bits per heavy atom. The highest BCUT2D eigenvalue weighted by molar-refractivity contribution is 5.94. The van der Waals surface area contributed by atoms with Gasteiger partial charge in [0, 0.05) is 6.54 Å². The Labute approximate surface area is 116 Å². The molecule has 0 atom stereocenters. The first-order chi connectivity index (χ1) is 9.56. The van der Waals surface area contributed by atoms with Crippen LogP contribution in [0.3, 0.4) is 0 Å². The number of ether oxygens (including phenoxy) is 1. The van der Waals surface area contributed by atoms with E-state index in [1.54, 1.807) is 19.2 Å². The molecule has 1 heterocycles. The zero-order chi connectivity index (χ0) is 14.7. The molecule has 0 aliphatic carbocycles. The minimum Gasteiger partial charge on any atom is -0.497 e. The zero-order valence-electron chi connectivity index (χ0n) is 11.3. The lowest BCUT2D eigenvalue weighted by atomic mass is 10.2. The second kappa shape index (κ2) is 5.70. The topological polar surface area (TPSA) is 85.3 Å². The Morgan fingerprint density at radius 2 is 1.95 bits per heavy atom. The lowest BCUT2D eigenvalue weighted by Gasteiger charge is -2.25. The molecule has 1 amide bonds. The minimum absolute atomic E-state index is 0.222. The van der Waals surface area contributed by atoms with E-state index < -0.39 is 11.9 Å². The van der Waals surface area contributed by atoms with Crippen LogP contribution in [0.4, 0.5) is 0 Å². The van der Waals surface area contributed by atoms with E-state index in [-0.39, 0.29) is 5.70 Å². The molecule has 3 N–H and O–H groups in total. The zero-order valence-corrected chi connectivity index (χ0v) is 11.3. The number of aliphatic hydroxyl groups excluding tert-OH is 1. The number of benzene rings is 1. The maximum absolute atomic E-state index is 12.1. The predicted octanol–water partition coefficient (Wildman–Crippen LogP) is 1.06. The first-order valence-electron chi connectivity index (χ1n) is 6.18. The number of carbonyl (C=O) groups is 1. The van der Waals surface area contributed by atoms with Crippen LogP contribution in [0.5, 0.6) is 5.75 Å². The average molecular weight is 279 g/mol. The molecular weight excluding hydrogens is 262 g/mol. The van der Waals surface area contributed by atoms with Crippen molar-refractivity contribution < 1.29 is 19.7 Å². The fraction of sp³-hybridized carbons (Fsp3) is 0.308. The van der Waals surface area contributed by atoms with Gasteiger partial charge in [-0.25, -0.2) is 5.01 Å². The van der Waals surface area contributed by atoms with Crippen LogP contribution in [0.2, 0.25) is 0 Å². The quantitative estimate of drug-likeness (QED) is 0.564. The highest BCUT2D eigenvalue weighted by atomic mass is 16.5. The maximum atomic E-state index is 12.1. The van der Waals surface area contributed by atoms with Gasteiger partial charge in [0.15, 0.2) is 5.70 Å². The van der Waals surface area contributed by atoms with E-state index in [1.165, 1.54) is 10.1 Å². The van der Waals surface area contributed by atoms with Crippen LogP contribution >= 0.6 is 0 Å². The molecule has 0 aromatic heterocycles. The molecule has 1 aliphatic heterocycles. The molecule has 0 radical (unpaired) electrons. The first-order valence-corrected chi connectivity index (χ1v) is 6.18. The molecule has 0 bridgehead atoms.